The number of anilines is 1. The number of methoxy groups -OCH3 is 2. The van der Waals surface area contributed by atoms with E-state index >= 15 is 0 Å². The van der Waals surface area contributed by atoms with Gasteiger partial charge in [0.1, 0.15) is 11.5 Å². The average molecular weight is 407 g/mol. The van der Waals surface area contributed by atoms with E-state index in [0.29, 0.717) is 30.2 Å². The molecule has 30 heavy (non-hydrogen) atoms. The molecule has 2 aliphatic rings. The Bertz CT molecular complexity index is 1090. The maximum absolute atomic E-state index is 13.2. The zero-order valence-electron chi connectivity index (χ0n) is 17.4. The molecule has 1 saturated heterocycles. The summed E-state index contributed by atoms with van der Waals surface area (Å²) >= 11 is 0. The Labute approximate surface area is 175 Å². The van der Waals surface area contributed by atoms with Gasteiger partial charge in [-0.15, -0.1) is 0 Å². The lowest BCUT2D eigenvalue weighted by Crippen LogP contribution is -2.51. The fraction of sp³-hybridized carbons (Fsp3) is 0.364. The number of likely N-dealkylation sites (tertiary alicyclic amines) is 1. The first-order valence-corrected chi connectivity index (χ1v) is 10.1. The summed E-state index contributed by atoms with van der Waals surface area (Å²) in [6, 6.07) is 9.53. The number of nitrogens with one attached hydrogen (secondary N) is 1. The van der Waals surface area contributed by atoms with Gasteiger partial charge in [0, 0.05) is 43.7 Å². The second-order valence-electron chi connectivity index (χ2n) is 7.87. The third-order valence-electron chi connectivity index (χ3n) is 6.25. The third-order valence-corrected chi connectivity index (χ3v) is 6.25. The molecule has 0 unspecified atom stereocenters. The van der Waals surface area contributed by atoms with Crippen molar-refractivity contribution in [2.45, 2.75) is 18.4 Å². The monoisotopic (exact) mass is 407 g/mol. The maximum Gasteiger partial charge on any atom is 0.254 e. The molecule has 1 amide bonds. The zero-order valence-corrected chi connectivity index (χ0v) is 17.4. The predicted molar refractivity (Wildman–Crippen MR) is 113 cm³/mol. The Morgan fingerprint density at radius 2 is 1.83 bits per heavy atom. The van der Waals surface area contributed by atoms with Crippen LogP contribution < -0.4 is 14.8 Å². The van der Waals surface area contributed by atoms with Gasteiger partial charge < -0.3 is 24.3 Å². The second kappa shape index (κ2) is 6.83. The Hall–Kier alpha value is -3.42. The number of carbonyl (C=O) groups excluding carboxylic acids is 1. The highest BCUT2D eigenvalue weighted by Gasteiger charge is 2.43. The number of hydrogen-bond donors (Lipinski definition) is 1. The lowest BCUT2D eigenvalue weighted by atomic mass is 9.82. The molecule has 2 aromatic heterocycles. The molecular weight excluding hydrogens is 382 g/mol. The van der Waals surface area contributed by atoms with Crippen LogP contribution in [-0.4, -0.2) is 52.5 Å². The van der Waals surface area contributed by atoms with Crippen LogP contribution in [0.1, 0.15) is 28.9 Å². The topological polar surface area (TPSA) is 73.6 Å². The van der Waals surface area contributed by atoms with Gasteiger partial charge in [-0.1, -0.05) is 0 Å². The molecule has 0 bridgehead atoms. The number of hydrogen-bond acceptors (Lipinski definition) is 5. The van der Waals surface area contributed by atoms with Gasteiger partial charge in [-0.05, 0) is 37.1 Å². The van der Waals surface area contributed by atoms with Crippen LogP contribution in [0.2, 0.25) is 0 Å². The van der Waals surface area contributed by atoms with Gasteiger partial charge in [0.05, 0.1) is 31.6 Å². The summed E-state index contributed by atoms with van der Waals surface area (Å²) in [4.78, 5) is 15.1. The number of aryl methyl sites for hydroxylation is 1. The van der Waals surface area contributed by atoms with Crippen LogP contribution in [-0.2, 0) is 12.6 Å². The fourth-order valence-corrected chi connectivity index (χ4v) is 4.67. The molecule has 8 nitrogen and oxygen atoms in total. The van der Waals surface area contributed by atoms with Crippen molar-refractivity contribution in [3.05, 3.63) is 54.0 Å². The third kappa shape index (κ3) is 2.74. The molecule has 0 aliphatic carbocycles. The largest absolute Gasteiger partial charge is 0.497 e. The Kier molecular flexibility index (Phi) is 4.23. The molecule has 0 atom stereocenters. The van der Waals surface area contributed by atoms with Crippen LogP contribution >= 0.6 is 0 Å². The van der Waals surface area contributed by atoms with E-state index in [2.05, 4.69) is 33.3 Å². The molecule has 1 aromatic carbocycles. The molecule has 8 heteroatoms. The number of aromatic nitrogens is 3. The van der Waals surface area contributed by atoms with Crippen LogP contribution in [0.5, 0.6) is 11.5 Å². The van der Waals surface area contributed by atoms with Crippen molar-refractivity contribution in [2.24, 2.45) is 7.05 Å². The summed E-state index contributed by atoms with van der Waals surface area (Å²) in [5.74, 6) is 2.27. The van der Waals surface area contributed by atoms with Gasteiger partial charge in [-0.3, -0.25) is 9.48 Å². The van der Waals surface area contributed by atoms with Crippen molar-refractivity contribution in [3.63, 3.8) is 0 Å². The van der Waals surface area contributed by atoms with Crippen molar-refractivity contribution in [2.75, 3.05) is 32.6 Å². The van der Waals surface area contributed by atoms with E-state index < -0.39 is 0 Å². The second-order valence-corrected chi connectivity index (χ2v) is 7.87. The molecule has 4 heterocycles. The van der Waals surface area contributed by atoms with Crippen LogP contribution in [0.25, 0.3) is 5.82 Å². The Balaban J connectivity index is 1.39. The number of nitrogens with zero attached hydrogens (tertiary/aromatic N) is 4. The van der Waals surface area contributed by atoms with E-state index in [0.717, 1.165) is 24.3 Å². The molecule has 156 valence electrons. The molecule has 1 fully saturated rings. The first-order valence-electron chi connectivity index (χ1n) is 10.1. The molecule has 0 saturated carbocycles. The number of amides is 1. The summed E-state index contributed by atoms with van der Waals surface area (Å²) in [5.41, 5.74) is 2.62. The van der Waals surface area contributed by atoms with Crippen molar-refractivity contribution < 1.29 is 14.3 Å². The molecular formula is C22H25N5O3. The van der Waals surface area contributed by atoms with Gasteiger partial charge in [0.15, 0.2) is 5.82 Å². The van der Waals surface area contributed by atoms with Crippen molar-refractivity contribution >= 4 is 11.6 Å². The van der Waals surface area contributed by atoms with Gasteiger partial charge in [0.2, 0.25) is 0 Å². The fourth-order valence-electron chi connectivity index (χ4n) is 4.67. The molecule has 1 spiro atoms. The number of carbonyl (C=O) groups is 1. The first kappa shape index (κ1) is 18.6. The molecule has 1 N–H and O–H groups in total. The van der Waals surface area contributed by atoms with E-state index in [1.165, 1.54) is 5.69 Å². The van der Waals surface area contributed by atoms with E-state index in [-0.39, 0.29) is 11.4 Å². The molecule has 2 aliphatic heterocycles. The zero-order chi connectivity index (χ0) is 20.9. The first-order chi connectivity index (χ1) is 14.5. The minimum absolute atomic E-state index is 0.00434. The standard InChI is InChI=1S/C22H25N5O3/c1-25-20-18(14-23-25)24-22(19-5-4-8-27(19)20)6-9-26(10-7-22)21(28)15-11-16(29-2)13-17(12-15)30-3/h4-5,8,11-14,24H,6-7,9-10H2,1-3H3. The van der Waals surface area contributed by atoms with Crippen LogP contribution in [0.15, 0.2) is 42.7 Å². The van der Waals surface area contributed by atoms with E-state index in [1.807, 2.05) is 22.8 Å². The van der Waals surface area contributed by atoms with Gasteiger partial charge in [-0.2, -0.15) is 5.10 Å². The highest BCUT2D eigenvalue weighted by atomic mass is 16.5. The Morgan fingerprint density at radius 3 is 2.50 bits per heavy atom. The number of ether oxygens (including phenoxy) is 2. The van der Waals surface area contributed by atoms with Gasteiger partial charge in [0.25, 0.3) is 5.91 Å². The summed E-state index contributed by atoms with van der Waals surface area (Å²) in [5, 5.41) is 8.14. The highest BCUT2D eigenvalue weighted by molar-refractivity contribution is 5.95. The number of fused-ring (bicyclic) bond motifs is 4. The van der Waals surface area contributed by atoms with Crippen LogP contribution in [0, 0.1) is 0 Å². The molecule has 5 rings (SSSR count). The predicted octanol–water partition coefficient (Wildman–Crippen LogP) is 2.79. The van der Waals surface area contributed by atoms with Crippen molar-refractivity contribution in [1.82, 2.24) is 19.2 Å². The summed E-state index contributed by atoms with van der Waals surface area (Å²) < 4.78 is 14.7. The SMILES string of the molecule is COc1cc(OC)cc(C(=O)N2CCC3(CC2)Nc2cnn(C)c2-n2cccc23)c1. The summed E-state index contributed by atoms with van der Waals surface area (Å²) in [7, 11) is 5.13. The summed E-state index contributed by atoms with van der Waals surface area (Å²) in [6.45, 7) is 1.32. The van der Waals surface area contributed by atoms with Gasteiger partial charge in [-0.25, -0.2) is 0 Å². The minimum Gasteiger partial charge on any atom is -0.497 e. The quantitative estimate of drug-likeness (QED) is 0.723. The lowest BCUT2D eigenvalue weighted by molar-refractivity contribution is 0.0675. The van der Waals surface area contributed by atoms with E-state index in [4.69, 9.17) is 9.47 Å². The van der Waals surface area contributed by atoms with Gasteiger partial charge >= 0.3 is 0 Å². The number of rotatable bonds is 3. The lowest BCUT2D eigenvalue weighted by Gasteiger charge is -2.45. The molecule has 3 aromatic rings. The van der Waals surface area contributed by atoms with Crippen LogP contribution in [0.3, 0.4) is 0 Å². The summed E-state index contributed by atoms with van der Waals surface area (Å²) in [6.07, 6.45) is 5.59. The molecule has 0 radical (unpaired) electrons. The average Bonchev–Trinajstić information content (AvgIpc) is 3.40. The van der Waals surface area contributed by atoms with Crippen molar-refractivity contribution in [1.29, 1.82) is 0 Å². The smallest absolute Gasteiger partial charge is 0.254 e. The van der Waals surface area contributed by atoms with Crippen LogP contribution in [0.4, 0.5) is 5.69 Å². The normalized spacial score (nSPS) is 16.6. The minimum atomic E-state index is -0.206. The number of benzene rings is 1. The van der Waals surface area contributed by atoms with E-state index in [1.54, 1.807) is 32.4 Å². The maximum atomic E-state index is 13.2. The highest BCUT2D eigenvalue weighted by Crippen LogP contribution is 2.43. The van der Waals surface area contributed by atoms with Crippen molar-refractivity contribution in [3.8, 4) is 17.3 Å². The Morgan fingerprint density at radius 1 is 1.13 bits per heavy atom. The number of piperidine rings is 1. The van der Waals surface area contributed by atoms with E-state index in [9.17, 15) is 4.79 Å².